The molecule has 5 nitrogen and oxygen atoms in total. The summed E-state index contributed by atoms with van der Waals surface area (Å²) in [6.07, 6.45) is 2.77. The summed E-state index contributed by atoms with van der Waals surface area (Å²) in [5.41, 5.74) is -0.563. The summed E-state index contributed by atoms with van der Waals surface area (Å²) < 4.78 is 11.5. The normalized spacial score (nSPS) is 11.4. The van der Waals surface area contributed by atoms with Crippen LogP contribution in [0.1, 0.15) is 26.5 Å². The number of aromatic nitrogens is 1. The van der Waals surface area contributed by atoms with E-state index in [9.17, 15) is 4.79 Å². The summed E-state index contributed by atoms with van der Waals surface area (Å²) >= 11 is 4.70. The van der Waals surface area contributed by atoms with Gasteiger partial charge in [0.15, 0.2) is 5.13 Å². The molecule has 2 heterocycles. The maximum atomic E-state index is 12.3. The van der Waals surface area contributed by atoms with Crippen LogP contribution in [0.25, 0.3) is 0 Å². The Morgan fingerprint density at radius 3 is 2.80 bits per heavy atom. The lowest BCUT2D eigenvalue weighted by Crippen LogP contribution is -2.36. The predicted octanol–water partition coefficient (Wildman–Crippen LogP) is 4.44. The van der Waals surface area contributed by atoms with Crippen molar-refractivity contribution in [1.82, 2.24) is 4.98 Å². The number of carbonyl (C=O) groups excluding carboxylic acids is 1. The van der Waals surface area contributed by atoms with Crippen LogP contribution in [0.2, 0.25) is 0 Å². The third kappa shape index (κ3) is 4.08. The van der Waals surface area contributed by atoms with Crippen LogP contribution in [0.5, 0.6) is 0 Å². The zero-order valence-corrected chi connectivity index (χ0v) is 13.8. The Morgan fingerprint density at radius 1 is 1.55 bits per heavy atom. The fourth-order valence-corrected chi connectivity index (χ4v) is 2.63. The highest BCUT2D eigenvalue weighted by Gasteiger charge is 2.26. The molecule has 0 bridgehead atoms. The van der Waals surface area contributed by atoms with Gasteiger partial charge in [-0.1, -0.05) is 11.3 Å². The van der Waals surface area contributed by atoms with Crippen LogP contribution in [0, 0.1) is 0 Å². The lowest BCUT2D eigenvalue weighted by Gasteiger charge is -2.25. The van der Waals surface area contributed by atoms with Gasteiger partial charge in [-0.25, -0.2) is 14.7 Å². The number of hydrogen-bond donors (Lipinski definition) is 0. The van der Waals surface area contributed by atoms with E-state index in [1.54, 1.807) is 24.6 Å². The zero-order valence-electron chi connectivity index (χ0n) is 11.4. The van der Waals surface area contributed by atoms with Crippen molar-refractivity contribution >= 4 is 38.5 Å². The molecule has 2 aromatic rings. The summed E-state index contributed by atoms with van der Waals surface area (Å²) in [6, 6.07) is 3.58. The molecule has 2 aromatic heterocycles. The summed E-state index contributed by atoms with van der Waals surface area (Å²) in [5, 5.41) is 0.558. The van der Waals surface area contributed by atoms with E-state index >= 15 is 0 Å². The van der Waals surface area contributed by atoms with E-state index in [0.717, 1.165) is 3.79 Å². The van der Waals surface area contributed by atoms with Crippen molar-refractivity contribution in [3.63, 3.8) is 0 Å². The fraction of sp³-hybridized carbons (Fsp3) is 0.385. The first-order valence-electron chi connectivity index (χ1n) is 5.99. The molecule has 108 valence electrons. The Kier molecular flexibility index (Phi) is 4.49. The molecule has 0 saturated carbocycles. The van der Waals surface area contributed by atoms with Gasteiger partial charge in [-0.2, -0.15) is 0 Å². The molecular weight excluding hydrogens is 344 g/mol. The van der Waals surface area contributed by atoms with Gasteiger partial charge in [0.05, 0.1) is 22.8 Å². The van der Waals surface area contributed by atoms with Crippen molar-refractivity contribution in [3.05, 3.63) is 34.1 Å². The van der Waals surface area contributed by atoms with Crippen LogP contribution in [-0.2, 0) is 11.3 Å². The molecular formula is C13H15BrN2O3S. The summed E-state index contributed by atoms with van der Waals surface area (Å²) in [6.45, 7) is 5.76. The average molecular weight is 359 g/mol. The molecule has 0 spiro atoms. The van der Waals surface area contributed by atoms with Crippen molar-refractivity contribution in [3.8, 4) is 0 Å². The Bertz CT molecular complexity index is 575. The van der Waals surface area contributed by atoms with Crippen molar-refractivity contribution in [1.29, 1.82) is 0 Å². The van der Waals surface area contributed by atoms with E-state index in [4.69, 9.17) is 9.15 Å². The molecule has 0 aliphatic rings. The number of halogens is 1. The first kappa shape index (κ1) is 15.1. The standard InChI is InChI=1S/C13H15BrN2O3S/c1-13(2,3)19-12(17)16(8-9-5-4-6-18-9)11-15-7-10(14)20-11/h4-7H,8H2,1-3H3. The molecule has 0 unspecified atom stereocenters. The van der Waals surface area contributed by atoms with E-state index in [1.165, 1.54) is 16.2 Å². The average Bonchev–Trinajstić information content (AvgIpc) is 2.94. The second-order valence-electron chi connectivity index (χ2n) is 5.09. The summed E-state index contributed by atoms with van der Waals surface area (Å²) in [7, 11) is 0. The molecule has 2 rings (SSSR count). The van der Waals surface area contributed by atoms with Crippen molar-refractivity contribution in [2.24, 2.45) is 0 Å². The molecule has 0 saturated heterocycles. The molecule has 0 N–H and O–H groups in total. The Hall–Kier alpha value is -1.34. The number of furan rings is 1. The Morgan fingerprint density at radius 2 is 2.30 bits per heavy atom. The number of ether oxygens (including phenoxy) is 1. The van der Waals surface area contributed by atoms with Gasteiger partial charge in [0.1, 0.15) is 11.4 Å². The molecule has 0 aromatic carbocycles. The van der Waals surface area contributed by atoms with E-state index < -0.39 is 11.7 Å². The van der Waals surface area contributed by atoms with Crippen molar-refractivity contribution in [2.75, 3.05) is 4.90 Å². The third-order valence-corrected chi connectivity index (χ3v) is 3.70. The fourth-order valence-electron chi connectivity index (χ4n) is 1.46. The molecule has 0 radical (unpaired) electrons. The van der Waals surface area contributed by atoms with Gasteiger partial charge >= 0.3 is 6.09 Å². The lowest BCUT2D eigenvalue weighted by atomic mass is 10.2. The van der Waals surface area contributed by atoms with Crippen LogP contribution in [0.3, 0.4) is 0 Å². The largest absolute Gasteiger partial charge is 0.467 e. The number of thiazole rings is 1. The number of rotatable bonds is 3. The van der Waals surface area contributed by atoms with Crippen LogP contribution >= 0.6 is 27.3 Å². The number of hydrogen-bond acceptors (Lipinski definition) is 5. The predicted molar refractivity (Wildman–Crippen MR) is 80.9 cm³/mol. The maximum absolute atomic E-state index is 12.3. The molecule has 1 amide bonds. The Balaban J connectivity index is 2.22. The van der Waals surface area contributed by atoms with E-state index in [-0.39, 0.29) is 6.54 Å². The molecule has 0 atom stereocenters. The highest BCUT2D eigenvalue weighted by Crippen LogP contribution is 2.29. The second kappa shape index (κ2) is 5.97. The monoisotopic (exact) mass is 358 g/mol. The maximum Gasteiger partial charge on any atom is 0.417 e. The molecule has 0 aliphatic carbocycles. The summed E-state index contributed by atoms with van der Waals surface area (Å²) in [4.78, 5) is 18.0. The van der Waals surface area contributed by atoms with Gasteiger partial charge in [0.2, 0.25) is 0 Å². The molecule has 20 heavy (non-hydrogen) atoms. The Labute approximate surface area is 129 Å². The van der Waals surface area contributed by atoms with Crippen molar-refractivity contribution < 1.29 is 13.9 Å². The molecule has 7 heteroatoms. The van der Waals surface area contributed by atoms with Crippen LogP contribution < -0.4 is 4.90 Å². The first-order chi connectivity index (χ1) is 9.35. The van der Waals surface area contributed by atoms with Gasteiger partial charge in [-0.15, -0.1) is 0 Å². The van der Waals surface area contributed by atoms with E-state index in [2.05, 4.69) is 20.9 Å². The van der Waals surface area contributed by atoms with Gasteiger partial charge in [-0.3, -0.25) is 0 Å². The first-order valence-corrected chi connectivity index (χ1v) is 7.60. The molecule has 0 aliphatic heterocycles. The highest BCUT2D eigenvalue weighted by molar-refractivity contribution is 9.11. The minimum atomic E-state index is -0.563. The number of anilines is 1. The van der Waals surface area contributed by atoms with Gasteiger partial charge in [-0.05, 0) is 48.8 Å². The molecule has 0 fully saturated rings. The highest BCUT2D eigenvalue weighted by atomic mass is 79.9. The SMILES string of the molecule is CC(C)(C)OC(=O)N(Cc1ccco1)c1ncc(Br)s1. The van der Waals surface area contributed by atoms with Gasteiger partial charge in [0.25, 0.3) is 0 Å². The smallest absolute Gasteiger partial charge is 0.417 e. The van der Waals surface area contributed by atoms with Crippen LogP contribution in [0.4, 0.5) is 9.93 Å². The summed E-state index contributed by atoms with van der Waals surface area (Å²) in [5.74, 6) is 0.669. The van der Waals surface area contributed by atoms with E-state index in [1.807, 2.05) is 20.8 Å². The minimum Gasteiger partial charge on any atom is -0.467 e. The number of amides is 1. The van der Waals surface area contributed by atoms with Gasteiger partial charge in [0, 0.05) is 0 Å². The zero-order chi connectivity index (χ0) is 14.8. The van der Waals surface area contributed by atoms with E-state index in [0.29, 0.717) is 10.9 Å². The minimum absolute atomic E-state index is 0.280. The quantitative estimate of drug-likeness (QED) is 0.813. The second-order valence-corrected chi connectivity index (χ2v) is 7.48. The number of carbonyl (C=O) groups is 1. The lowest BCUT2D eigenvalue weighted by molar-refractivity contribution is 0.0575. The van der Waals surface area contributed by atoms with Crippen molar-refractivity contribution in [2.45, 2.75) is 32.9 Å². The third-order valence-electron chi connectivity index (χ3n) is 2.20. The van der Waals surface area contributed by atoms with Crippen LogP contribution in [0.15, 0.2) is 32.8 Å². The topological polar surface area (TPSA) is 55.6 Å². The van der Waals surface area contributed by atoms with Crippen LogP contribution in [-0.4, -0.2) is 16.7 Å². The number of nitrogens with zero attached hydrogens (tertiary/aromatic N) is 2. The van der Waals surface area contributed by atoms with Gasteiger partial charge < -0.3 is 9.15 Å².